The smallest absolute Gasteiger partial charge is 0.269 e. The molecule has 0 aliphatic rings. The average Bonchev–Trinajstić information content (AvgIpc) is 2.64. The van der Waals surface area contributed by atoms with Gasteiger partial charge in [-0.15, -0.1) is 0 Å². The predicted molar refractivity (Wildman–Crippen MR) is 98.1 cm³/mol. The van der Waals surface area contributed by atoms with Crippen molar-refractivity contribution in [2.45, 2.75) is 6.42 Å². The van der Waals surface area contributed by atoms with Crippen molar-refractivity contribution in [2.75, 3.05) is 0 Å². The fourth-order valence-electron chi connectivity index (χ4n) is 2.55. The molecule has 0 fully saturated rings. The van der Waals surface area contributed by atoms with Crippen LogP contribution in [0.15, 0.2) is 65.8 Å². The Bertz CT molecular complexity index is 997. The SMILES string of the molecule is O=C(Cc1ccc([N+](=O)[O-])cc1)N/N=C/c1c(O)ccc2ccccc12. The van der Waals surface area contributed by atoms with Gasteiger partial charge in [-0.05, 0) is 22.4 Å². The monoisotopic (exact) mass is 349 g/mol. The lowest BCUT2D eigenvalue weighted by molar-refractivity contribution is -0.384. The van der Waals surface area contributed by atoms with Crippen molar-refractivity contribution in [3.63, 3.8) is 0 Å². The van der Waals surface area contributed by atoms with Gasteiger partial charge in [-0.25, -0.2) is 5.43 Å². The molecule has 0 aromatic heterocycles. The number of nitro groups is 1. The number of rotatable bonds is 5. The number of amides is 1. The Labute approximate surface area is 148 Å². The van der Waals surface area contributed by atoms with E-state index in [-0.39, 0.29) is 23.8 Å². The van der Waals surface area contributed by atoms with E-state index in [4.69, 9.17) is 0 Å². The minimum absolute atomic E-state index is 0.0291. The third-order valence-electron chi connectivity index (χ3n) is 3.84. The van der Waals surface area contributed by atoms with Crippen molar-refractivity contribution in [1.29, 1.82) is 0 Å². The van der Waals surface area contributed by atoms with Crippen LogP contribution in [0.2, 0.25) is 0 Å². The van der Waals surface area contributed by atoms with E-state index in [1.54, 1.807) is 12.1 Å². The van der Waals surface area contributed by atoms with Crippen LogP contribution in [-0.4, -0.2) is 22.2 Å². The van der Waals surface area contributed by atoms with Gasteiger partial charge in [0.1, 0.15) is 5.75 Å². The first-order chi connectivity index (χ1) is 12.5. The normalized spacial score (nSPS) is 10.9. The number of fused-ring (bicyclic) bond motifs is 1. The van der Waals surface area contributed by atoms with Crippen LogP contribution in [0.3, 0.4) is 0 Å². The highest BCUT2D eigenvalue weighted by atomic mass is 16.6. The molecule has 0 radical (unpaired) electrons. The van der Waals surface area contributed by atoms with Gasteiger partial charge >= 0.3 is 0 Å². The van der Waals surface area contributed by atoms with Crippen LogP contribution in [0.5, 0.6) is 5.75 Å². The topological polar surface area (TPSA) is 105 Å². The summed E-state index contributed by atoms with van der Waals surface area (Å²) < 4.78 is 0. The molecule has 0 spiro atoms. The van der Waals surface area contributed by atoms with E-state index < -0.39 is 4.92 Å². The summed E-state index contributed by atoms with van der Waals surface area (Å²) in [5, 5.41) is 26.3. The maximum absolute atomic E-state index is 11.9. The molecule has 1 amide bonds. The molecular weight excluding hydrogens is 334 g/mol. The lowest BCUT2D eigenvalue weighted by Gasteiger charge is -2.05. The van der Waals surface area contributed by atoms with Crippen molar-refractivity contribution < 1.29 is 14.8 Å². The zero-order chi connectivity index (χ0) is 18.5. The van der Waals surface area contributed by atoms with E-state index in [1.165, 1.54) is 30.5 Å². The molecule has 7 heteroatoms. The van der Waals surface area contributed by atoms with E-state index in [1.807, 2.05) is 24.3 Å². The van der Waals surface area contributed by atoms with Gasteiger partial charge in [0.2, 0.25) is 5.91 Å². The summed E-state index contributed by atoms with van der Waals surface area (Å²) in [5.74, 6) is -0.299. The van der Waals surface area contributed by atoms with Crippen LogP contribution in [0.1, 0.15) is 11.1 Å². The van der Waals surface area contributed by atoms with Crippen LogP contribution in [0.25, 0.3) is 10.8 Å². The maximum atomic E-state index is 11.9. The number of nitrogens with one attached hydrogen (secondary N) is 1. The highest BCUT2D eigenvalue weighted by Gasteiger charge is 2.07. The average molecular weight is 349 g/mol. The summed E-state index contributed by atoms with van der Waals surface area (Å²) in [7, 11) is 0. The first-order valence-electron chi connectivity index (χ1n) is 7.80. The maximum Gasteiger partial charge on any atom is 0.269 e. The molecule has 3 aromatic rings. The van der Waals surface area contributed by atoms with Gasteiger partial charge in [0.05, 0.1) is 17.6 Å². The van der Waals surface area contributed by atoms with Gasteiger partial charge in [-0.1, -0.05) is 42.5 Å². The van der Waals surface area contributed by atoms with E-state index in [9.17, 15) is 20.0 Å². The molecule has 0 saturated carbocycles. The molecule has 2 N–H and O–H groups in total. The molecule has 0 atom stereocenters. The molecule has 7 nitrogen and oxygen atoms in total. The standard InChI is InChI=1S/C19H15N3O4/c23-18-10-7-14-3-1-2-4-16(14)17(18)12-20-21-19(24)11-13-5-8-15(9-6-13)22(25)26/h1-10,12,23H,11H2,(H,21,24)/b20-12+. The van der Waals surface area contributed by atoms with Crippen LogP contribution in [-0.2, 0) is 11.2 Å². The highest BCUT2D eigenvalue weighted by molar-refractivity contribution is 6.02. The van der Waals surface area contributed by atoms with Crippen LogP contribution < -0.4 is 5.43 Å². The fourth-order valence-corrected chi connectivity index (χ4v) is 2.55. The first kappa shape index (κ1) is 17.1. The summed E-state index contributed by atoms with van der Waals surface area (Å²) in [4.78, 5) is 22.1. The fraction of sp³-hybridized carbons (Fsp3) is 0.0526. The number of nitro benzene ring substituents is 1. The van der Waals surface area contributed by atoms with Gasteiger partial charge in [-0.3, -0.25) is 14.9 Å². The predicted octanol–water partition coefficient (Wildman–Crippen LogP) is 3.15. The Morgan fingerprint density at radius 2 is 1.85 bits per heavy atom. The van der Waals surface area contributed by atoms with Crippen LogP contribution in [0.4, 0.5) is 5.69 Å². The number of hydrazone groups is 1. The molecular formula is C19H15N3O4. The molecule has 0 bridgehead atoms. The second-order valence-corrected chi connectivity index (χ2v) is 5.61. The van der Waals surface area contributed by atoms with E-state index in [0.29, 0.717) is 11.1 Å². The van der Waals surface area contributed by atoms with E-state index in [2.05, 4.69) is 10.5 Å². The Morgan fingerprint density at radius 3 is 2.58 bits per heavy atom. The summed E-state index contributed by atoms with van der Waals surface area (Å²) in [6.07, 6.45) is 1.43. The second kappa shape index (κ2) is 7.43. The molecule has 26 heavy (non-hydrogen) atoms. The van der Waals surface area contributed by atoms with Crippen LogP contribution >= 0.6 is 0 Å². The number of non-ortho nitro benzene ring substituents is 1. The van der Waals surface area contributed by atoms with Crippen LogP contribution in [0, 0.1) is 10.1 Å². The zero-order valence-corrected chi connectivity index (χ0v) is 13.6. The van der Waals surface area contributed by atoms with Crippen molar-refractivity contribution in [2.24, 2.45) is 5.10 Å². The third-order valence-corrected chi connectivity index (χ3v) is 3.84. The first-order valence-corrected chi connectivity index (χ1v) is 7.80. The Balaban J connectivity index is 1.68. The number of hydrogen-bond acceptors (Lipinski definition) is 5. The molecule has 0 unspecified atom stereocenters. The summed E-state index contributed by atoms with van der Waals surface area (Å²) in [6.45, 7) is 0. The van der Waals surface area contributed by atoms with Gasteiger partial charge in [0, 0.05) is 17.7 Å². The Morgan fingerprint density at radius 1 is 1.12 bits per heavy atom. The Hall–Kier alpha value is -3.74. The lowest BCUT2D eigenvalue weighted by Crippen LogP contribution is -2.19. The minimum Gasteiger partial charge on any atom is -0.507 e. The molecule has 0 heterocycles. The van der Waals surface area contributed by atoms with Crippen molar-refractivity contribution in [1.82, 2.24) is 5.43 Å². The summed E-state index contributed by atoms with van der Waals surface area (Å²) >= 11 is 0. The third kappa shape index (κ3) is 3.84. The second-order valence-electron chi connectivity index (χ2n) is 5.61. The van der Waals surface area contributed by atoms with Gasteiger partial charge in [-0.2, -0.15) is 5.10 Å². The minimum atomic E-state index is -0.495. The summed E-state index contributed by atoms with van der Waals surface area (Å²) in [5.41, 5.74) is 3.51. The van der Waals surface area contributed by atoms with E-state index in [0.717, 1.165) is 10.8 Å². The number of carbonyl (C=O) groups is 1. The molecule has 0 saturated heterocycles. The number of phenolic OH excluding ortho intramolecular Hbond substituents is 1. The summed E-state index contributed by atoms with van der Waals surface area (Å²) in [6, 6.07) is 16.6. The molecule has 0 aliphatic heterocycles. The van der Waals surface area contributed by atoms with E-state index >= 15 is 0 Å². The number of benzene rings is 3. The lowest BCUT2D eigenvalue weighted by atomic mass is 10.0. The number of carbonyl (C=O) groups excluding carboxylic acids is 1. The molecule has 0 aliphatic carbocycles. The largest absolute Gasteiger partial charge is 0.507 e. The molecule has 3 aromatic carbocycles. The number of phenols is 1. The van der Waals surface area contributed by atoms with Gasteiger partial charge in [0.25, 0.3) is 5.69 Å². The van der Waals surface area contributed by atoms with Gasteiger partial charge < -0.3 is 5.11 Å². The molecule has 3 rings (SSSR count). The molecule has 130 valence electrons. The number of nitrogens with zero attached hydrogens (tertiary/aromatic N) is 2. The highest BCUT2D eigenvalue weighted by Crippen LogP contribution is 2.25. The van der Waals surface area contributed by atoms with Crippen molar-refractivity contribution in [3.8, 4) is 5.75 Å². The number of aromatic hydroxyl groups is 1. The van der Waals surface area contributed by atoms with Gasteiger partial charge in [0.15, 0.2) is 0 Å². The quantitative estimate of drug-likeness (QED) is 0.419. The Kier molecular flexibility index (Phi) is 4.89. The number of hydrogen-bond donors (Lipinski definition) is 2. The van der Waals surface area contributed by atoms with Crippen molar-refractivity contribution >= 4 is 28.6 Å². The zero-order valence-electron chi connectivity index (χ0n) is 13.6. The van der Waals surface area contributed by atoms with Crippen molar-refractivity contribution in [3.05, 3.63) is 81.9 Å².